The van der Waals surface area contributed by atoms with Crippen molar-refractivity contribution in [2.24, 2.45) is 5.92 Å². The van der Waals surface area contributed by atoms with Crippen molar-refractivity contribution in [2.45, 2.75) is 26.3 Å². The minimum absolute atomic E-state index is 0.126. The number of piperidine rings is 1. The lowest BCUT2D eigenvalue weighted by Crippen LogP contribution is -2.45. The molecule has 5 nitrogen and oxygen atoms in total. The highest BCUT2D eigenvalue weighted by Gasteiger charge is 2.26. The molecule has 1 saturated heterocycles. The molecule has 26 heavy (non-hydrogen) atoms. The Morgan fingerprint density at radius 1 is 1.12 bits per heavy atom. The second kappa shape index (κ2) is 8.04. The Balaban J connectivity index is 1.56. The van der Waals surface area contributed by atoms with Crippen molar-refractivity contribution < 1.29 is 14.7 Å². The number of benzene rings is 2. The molecule has 0 saturated carbocycles. The number of nitrogens with zero attached hydrogens (tertiary/aromatic N) is 1. The molecule has 2 aromatic rings. The number of carboxylic acids is 1. The van der Waals surface area contributed by atoms with Gasteiger partial charge in [0, 0.05) is 19.6 Å². The van der Waals surface area contributed by atoms with Crippen molar-refractivity contribution >= 4 is 12.0 Å². The molecule has 1 fully saturated rings. The van der Waals surface area contributed by atoms with E-state index in [4.69, 9.17) is 5.11 Å². The summed E-state index contributed by atoms with van der Waals surface area (Å²) in [6, 6.07) is 16.3. The minimum Gasteiger partial charge on any atom is -0.481 e. The Kier molecular flexibility index (Phi) is 5.56. The van der Waals surface area contributed by atoms with E-state index in [0.717, 1.165) is 5.56 Å². The van der Waals surface area contributed by atoms with E-state index in [0.29, 0.717) is 32.5 Å². The maximum Gasteiger partial charge on any atom is 0.317 e. The number of carbonyl (C=O) groups is 2. The van der Waals surface area contributed by atoms with Crippen LogP contribution in [0.15, 0.2) is 48.5 Å². The molecule has 2 N–H and O–H groups in total. The van der Waals surface area contributed by atoms with Crippen molar-refractivity contribution in [2.75, 3.05) is 13.1 Å². The van der Waals surface area contributed by atoms with Crippen LogP contribution in [0.25, 0.3) is 11.1 Å². The van der Waals surface area contributed by atoms with Crippen LogP contribution in [-0.2, 0) is 11.3 Å². The molecule has 1 aliphatic heterocycles. The maximum atomic E-state index is 12.3. The number of carbonyl (C=O) groups excluding carboxylic acids is 1. The molecule has 136 valence electrons. The number of urea groups is 1. The summed E-state index contributed by atoms with van der Waals surface area (Å²) in [4.78, 5) is 25.0. The minimum atomic E-state index is -0.765. The van der Waals surface area contributed by atoms with Crippen LogP contribution in [-0.4, -0.2) is 35.1 Å². The zero-order chi connectivity index (χ0) is 18.5. The monoisotopic (exact) mass is 352 g/mol. The second-order valence-corrected chi connectivity index (χ2v) is 6.77. The molecule has 1 aliphatic rings. The van der Waals surface area contributed by atoms with E-state index in [1.54, 1.807) is 4.90 Å². The van der Waals surface area contributed by atoms with Gasteiger partial charge in [-0.25, -0.2) is 4.79 Å². The van der Waals surface area contributed by atoms with Gasteiger partial charge in [0.15, 0.2) is 0 Å². The fraction of sp³-hybridized carbons (Fsp3) is 0.333. The molecule has 2 aromatic carbocycles. The summed E-state index contributed by atoms with van der Waals surface area (Å²) in [5.74, 6) is -1.09. The predicted octanol–water partition coefficient (Wildman–Crippen LogP) is 3.67. The van der Waals surface area contributed by atoms with Crippen LogP contribution < -0.4 is 5.32 Å². The largest absolute Gasteiger partial charge is 0.481 e. The SMILES string of the molecule is Cc1cc(CNC(=O)N2CCC(C(=O)O)CC2)ccc1-c1ccccc1. The maximum absolute atomic E-state index is 12.3. The van der Waals surface area contributed by atoms with Gasteiger partial charge in [-0.2, -0.15) is 0 Å². The van der Waals surface area contributed by atoms with Gasteiger partial charge in [0.05, 0.1) is 5.92 Å². The van der Waals surface area contributed by atoms with Crippen LogP contribution in [0.4, 0.5) is 4.79 Å². The van der Waals surface area contributed by atoms with Crippen LogP contribution in [0.3, 0.4) is 0 Å². The summed E-state index contributed by atoms with van der Waals surface area (Å²) < 4.78 is 0. The smallest absolute Gasteiger partial charge is 0.317 e. The summed E-state index contributed by atoms with van der Waals surface area (Å²) in [7, 11) is 0. The van der Waals surface area contributed by atoms with E-state index in [9.17, 15) is 9.59 Å². The van der Waals surface area contributed by atoms with Gasteiger partial charge < -0.3 is 15.3 Å². The van der Waals surface area contributed by atoms with Crippen molar-refractivity contribution in [1.29, 1.82) is 0 Å². The summed E-state index contributed by atoms with van der Waals surface area (Å²) in [6.45, 7) is 3.53. The molecule has 0 spiro atoms. The summed E-state index contributed by atoms with van der Waals surface area (Å²) in [5.41, 5.74) is 4.60. The molecule has 0 aromatic heterocycles. The highest BCUT2D eigenvalue weighted by Crippen LogP contribution is 2.24. The molecule has 0 radical (unpaired) electrons. The van der Waals surface area contributed by atoms with Crippen LogP contribution in [0.5, 0.6) is 0 Å². The number of likely N-dealkylation sites (tertiary alicyclic amines) is 1. The van der Waals surface area contributed by atoms with Crippen LogP contribution in [0.2, 0.25) is 0 Å². The van der Waals surface area contributed by atoms with Crippen molar-refractivity contribution in [1.82, 2.24) is 10.2 Å². The van der Waals surface area contributed by atoms with Gasteiger partial charge in [0.25, 0.3) is 0 Å². The molecule has 0 aliphatic carbocycles. The highest BCUT2D eigenvalue weighted by atomic mass is 16.4. The summed E-state index contributed by atoms with van der Waals surface area (Å²) >= 11 is 0. The fourth-order valence-corrected chi connectivity index (χ4v) is 3.40. The lowest BCUT2D eigenvalue weighted by molar-refractivity contribution is -0.143. The van der Waals surface area contributed by atoms with E-state index < -0.39 is 5.97 Å². The Morgan fingerprint density at radius 3 is 2.42 bits per heavy atom. The molecule has 5 heteroatoms. The lowest BCUT2D eigenvalue weighted by atomic mass is 9.97. The normalized spacial score (nSPS) is 14.9. The first-order valence-corrected chi connectivity index (χ1v) is 8.95. The summed E-state index contributed by atoms with van der Waals surface area (Å²) in [5, 5.41) is 12.0. The first-order valence-electron chi connectivity index (χ1n) is 8.95. The van der Waals surface area contributed by atoms with Gasteiger partial charge in [0.2, 0.25) is 0 Å². The Morgan fingerprint density at radius 2 is 1.81 bits per heavy atom. The van der Waals surface area contributed by atoms with Gasteiger partial charge in [-0.1, -0.05) is 48.5 Å². The van der Waals surface area contributed by atoms with Gasteiger partial charge in [-0.05, 0) is 42.0 Å². The number of amides is 2. The van der Waals surface area contributed by atoms with Crippen molar-refractivity contribution in [3.63, 3.8) is 0 Å². The molecular weight excluding hydrogens is 328 g/mol. The second-order valence-electron chi connectivity index (χ2n) is 6.77. The number of aliphatic carboxylic acids is 1. The molecule has 1 heterocycles. The average molecular weight is 352 g/mol. The first-order chi connectivity index (χ1) is 12.5. The highest BCUT2D eigenvalue weighted by molar-refractivity contribution is 5.75. The zero-order valence-electron chi connectivity index (χ0n) is 14.9. The number of aryl methyl sites for hydroxylation is 1. The van der Waals surface area contributed by atoms with Gasteiger partial charge in [-0.3, -0.25) is 4.79 Å². The Bertz CT molecular complexity index is 781. The topological polar surface area (TPSA) is 69.6 Å². The van der Waals surface area contributed by atoms with Crippen molar-refractivity contribution in [3.05, 3.63) is 59.7 Å². The van der Waals surface area contributed by atoms with Crippen LogP contribution >= 0.6 is 0 Å². The quantitative estimate of drug-likeness (QED) is 0.882. The molecule has 0 bridgehead atoms. The number of nitrogens with one attached hydrogen (secondary N) is 1. The Hall–Kier alpha value is -2.82. The Labute approximate surface area is 153 Å². The fourth-order valence-electron chi connectivity index (χ4n) is 3.40. The number of rotatable bonds is 4. The molecule has 0 unspecified atom stereocenters. The van der Waals surface area contributed by atoms with Crippen LogP contribution in [0.1, 0.15) is 24.0 Å². The van der Waals surface area contributed by atoms with E-state index in [1.165, 1.54) is 16.7 Å². The molecule has 0 atom stereocenters. The number of carboxylic acid groups (broad SMARTS) is 1. The predicted molar refractivity (Wildman–Crippen MR) is 101 cm³/mol. The van der Waals surface area contributed by atoms with E-state index in [1.807, 2.05) is 24.3 Å². The number of hydrogen-bond acceptors (Lipinski definition) is 2. The molecular formula is C21H24N2O3. The van der Waals surface area contributed by atoms with Gasteiger partial charge in [0.1, 0.15) is 0 Å². The molecule has 2 amide bonds. The third-order valence-electron chi connectivity index (χ3n) is 4.95. The van der Waals surface area contributed by atoms with Gasteiger partial charge >= 0.3 is 12.0 Å². The van der Waals surface area contributed by atoms with E-state index >= 15 is 0 Å². The third-order valence-corrected chi connectivity index (χ3v) is 4.95. The third kappa shape index (κ3) is 4.23. The zero-order valence-corrected chi connectivity index (χ0v) is 14.9. The van der Waals surface area contributed by atoms with E-state index in [2.05, 4.69) is 36.5 Å². The van der Waals surface area contributed by atoms with Crippen LogP contribution in [0, 0.1) is 12.8 Å². The first kappa shape index (κ1) is 18.0. The van der Waals surface area contributed by atoms with Gasteiger partial charge in [-0.15, -0.1) is 0 Å². The van der Waals surface area contributed by atoms with E-state index in [-0.39, 0.29) is 11.9 Å². The lowest BCUT2D eigenvalue weighted by Gasteiger charge is -2.30. The van der Waals surface area contributed by atoms with Crippen molar-refractivity contribution in [3.8, 4) is 11.1 Å². The number of hydrogen-bond donors (Lipinski definition) is 2. The molecule has 3 rings (SSSR count). The summed E-state index contributed by atoms with van der Waals surface area (Å²) in [6.07, 6.45) is 1.04. The standard InChI is InChI=1S/C21H24N2O3/c1-15-13-16(7-8-19(15)17-5-3-2-4-6-17)14-22-21(26)23-11-9-18(10-12-23)20(24)25/h2-8,13,18H,9-12,14H2,1H3,(H,22,26)(H,24,25). The average Bonchev–Trinajstić information content (AvgIpc) is 2.67.